The van der Waals surface area contributed by atoms with Crippen molar-refractivity contribution in [3.8, 4) is 0 Å². The summed E-state index contributed by atoms with van der Waals surface area (Å²) in [6.45, 7) is 7.42. The highest BCUT2D eigenvalue weighted by atomic mass is 31.2. The first-order valence-electron chi connectivity index (χ1n) is 47.6. The summed E-state index contributed by atoms with van der Waals surface area (Å²) in [6, 6.07) is 0. The van der Waals surface area contributed by atoms with Crippen molar-refractivity contribution in [3.63, 3.8) is 0 Å². The lowest BCUT2D eigenvalue weighted by atomic mass is 10.0. The van der Waals surface area contributed by atoms with E-state index in [1.165, 1.54) is 327 Å². The van der Waals surface area contributed by atoms with E-state index in [9.17, 15) is 43.2 Å². The lowest BCUT2D eigenvalue weighted by Crippen LogP contribution is -2.30. The topological polar surface area (TPSA) is 237 Å². The molecule has 0 rings (SSSR count). The minimum absolute atomic E-state index is 0.109. The molecule has 0 aliphatic rings. The summed E-state index contributed by atoms with van der Waals surface area (Å²) in [5, 5.41) is 10.7. The van der Waals surface area contributed by atoms with Gasteiger partial charge in [0.2, 0.25) is 0 Å². The molecule has 0 aromatic carbocycles. The number of ether oxygens (including phenoxy) is 4. The number of hydrogen-bond acceptors (Lipinski definition) is 15. The summed E-state index contributed by atoms with van der Waals surface area (Å²) in [4.78, 5) is 73.4. The third kappa shape index (κ3) is 85.8. The molecule has 0 aliphatic carbocycles. The first-order chi connectivity index (χ1) is 54.0. The summed E-state index contributed by atoms with van der Waals surface area (Å²) in [7, 11) is -9.94. The fourth-order valence-corrected chi connectivity index (χ4v) is 16.1. The minimum Gasteiger partial charge on any atom is -0.462 e. The van der Waals surface area contributed by atoms with Gasteiger partial charge >= 0.3 is 39.5 Å². The van der Waals surface area contributed by atoms with Crippen LogP contribution in [0.4, 0.5) is 0 Å². The second-order valence-electron chi connectivity index (χ2n) is 33.5. The largest absolute Gasteiger partial charge is 0.472 e. The molecule has 0 bridgehead atoms. The fraction of sp³-hybridized carbons (Fsp3) is 0.957. The van der Waals surface area contributed by atoms with E-state index in [2.05, 4.69) is 34.6 Å². The fourth-order valence-electron chi connectivity index (χ4n) is 14.5. The molecule has 0 aliphatic heterocycles. The number of unbranched alkanes of at least 4 members (excludes halogenated alkanes) is 64. The molecule has 3 N–H and O–H groups in total. The Kier molecular flexibility index (Phi) is 83.0. The van der Waals surface area contributed by atoms with Crippen molar-refractivity contribution in [1.82, 2.24) is 0 Å². The van der Waals surface area contributed by atoms with Crippen molar-refractivity contribution >= 4 is 39.5 Å². The van der Waals surface area contributed by atoms with E-state index in [0.29, 0.717) is 25.7 Å². The first kappa shape index (κ1) is 109. The number of esters is 4. The lowest BCUT2D eigenvalue weighted by Gasteiger charge is -2.21. The van der Waals surface area contributed by atoms with Crippen LogP contribution in [-0.2, 0) is 65.4 Å². The number of carbonyl (C=O) groups excluding carboxylic acids is 4. The summed E-state index contributed by atoms with van der Waals surface area (Å²) in [5.41, 5.74) is 0. The van der Waals surface area contributed by atoms with E-state index < -0.39 is 97.5 Å². The third-order valence-corrected chi connectivity index (χ3v) is 23.7. The predicted molar refractivity (Wildman–Crippen MR) is 460 cm³/mol. The zero-order valence-electron chi connectivity index (χ0n) is 73.1. The maximum Gasteiger partial charge on any atom is 0.472 e. The zero-order chi connectivity index (χ0) is 81.1. The van der Waals surface area contributed by atoms with Crippen LogP contribution in [0.5, 0.6) is 0 Å². The van der Waals surface area contributed by atoms with Crippen molar-refractivity contribution in [2.24, 2.45) is 5.92 Å². The van der Waals surface area contributed by atoms with Crippen LogP contribution in [0.3, 0.4) is 0 Å². The second-order valence-corrected chi connectivity index (χ2v) is 36.4. The van der Waals surface area contributed by atoms with Gasteiger partial charge in [0.25, 0.3) is 0 Å². The van der Waals surface area contributed by atoms with E-state index in [1.807, 2.05) is 0 Å². The molecule has 0 spiro atoms. The van der Waals surface area contributed by atoms with Gasteiger partial charge in [0.05, 0.1) is 26.4 Å². The highest BCUT2D eigenvalue weighted by Gasteiger charge is 2.31. The second kappa shape index (κ2) is 84.5. The van der Waals surface area contributed by atoms with Crippen molar-refractivity contribution in [1.29, 1.82) is 0 Å². The summed E-state index contributed by atoms with van der Waals surface area (Å²) in [5.74, 6) is -1.29. The number of carbonyl (C=O) groups is 4. The predicted octanol–water partition coefficient (Wildman–Crippen LogP) is 28.7. The highest BCUT2D eigenvalue weighted by molar-refractivity contribution is 7.47. The van der Waals surface area contributed by atoms with Crippen LogP contribution < -0.4 is 0 Å². The molecular formula is C92H180O17P2. The normalized spacial score (nSPS) is 13.7. The molecule has 0 radical (unpaired) electrons. The van der Waals surface area contributed by atoms with Gasteiger partial charge in [0.15, 0.2) is 12.2 Å². The molecule has 0 aromatic rings. The first-order valence-corrected chi connectivity index (χ1v) is 50.6. The van der Waals surface area contributed by atoms with Crippen LogP contribution in [-0.4, -0.2) is 96.7 Å². The Bertz CT molecular complexity index is 2100. The Hall–Kier alpha value is -1.94. The number of phosphoric ester groups is 2. The van der Waals surface area contributed by atoms with Crippen LogP contribution in [0.2, 0.25) is 0 Å². The average Bonchev–Trinajstić information content (AvgIpc) is 0.899. The number of aliphatic hydroxyl groups excluding tert-OH is 1. The van der Waals surface area contributed by atoms with E-state index in [-0.39, 0.29) is 25.7 Å². The molecule has 660 valence electrons. The van der Waals surface area contributed by atoms with E-state index in [0.717, 1.165) is 95.8 Å². The quantitative estimate of drug-likeness (QED) is 0.0222. The maximum absolute atomic E-state index is 13.2. The molecule has 0 saturated carbocycles. The number of rotatable bonds is 92. The van der Waals surface area contributed by atoms with E-state index in [1.54, 1.807) is 0 Å². The van der Waals surface area contributed by atoms with Crippen LogP contribution in [0.15, 0.2) is 0 Å². The van der Waals surface area contributed by atoms with Gasteiger partial charge in [-0.3, -0.25) is 37.3 Å². The molecule has 0 fully saturated rings. The Morgan fingerprint density at radius 2 is 0.414 bits per heavy atom. The van der Waals surface area contributed by atoms with Crippen LogP contribution >= 0.6 is 15.6 Å². The van der Waals surface area contributed by atoms with Gasteiger partial charge in [-0.15, -0.1) is 0 Å². The minimum atomic E-state index is -4.97. The maximum atomic E-state index is 13.2. The van der Waals surface area contributed by atoms with Crippen LogP contribution in [0.25, 0.3) is 0 Å². The Morgan fingerprint density at radius 1 is 0.243 bits per heavy atom. The summed E-state index contributed by atoms with van der Waals surface area (Å²) >= 11 is 0. The van der Waals surface area contributed by atoms with Gasteiger partial charge in [-0.2, -0.15) is 0 Å². The molecule has 0 aromatic heterocycles. The molecule has 0 saturated heterocycles. The van der Waals surface area contributed by atoms with Gasteiger partial charge < -0.3 is 33.8 Å². The number of aliphatic hydroxyl groups is 1. The summed E-state index contributed by atoms with van der Waals surface area (Å²) in [6.07, 6.45) is 80.7. The van der Waals surface area contributed by atoms with E-state index in [4.69, 9.17) is 37.0 Å². The molecule has 17 nitrogen and oxygen atoms in total. The van der Waals surface area contributed by atoms with E-state index >= 15 is 0 Å². The van der Waals surface area contributed by atoms with Crippen LogP contribution in [0.1, 0.15) is 503 Å². The highest BCUT2D eigenvalue weighted by Crippen LogP contribution is 2.45. The standard InChI is InChI=1S/C92H180O17P2/c1-6-9-12-15-18-21-24-26-28-30-32-34-36-38-42-46-51-56-61-66-71-76-90(95)103-82-88(109-91(96)77-72-67-62-57-52-47-43-39-37-35-33-31-29-27-25-22-19-16-13-10-7-2)84-107-111(100,101)105-80-86(93)79-104-110(98,99)106-83-87(81-102-89(94)75-70-65-60-55-49-23-20-17-14-11-8-3)108-92(97)78-73-68-63-58-53-48-44-40-41-45-50-54-59-64-69-74-85(4)5/h85-88,93H,6-84H2,1-5H3,(H,98,99)(H,100,101)/t86-,87+,88+/m0/s1. The van der Waals surface area contributed by atoms with Crippen molar-refractivity contribution in [2.75, 3.05) is 39.6 Å². The van der Waals surface area contributed by atoms with Gasteiger partial charge in [-0.25, -0.2) is 9.13 Å². The van der Waals surface area contributed by atoms with Gasteiger partial charge in [-0.05, 0) is 31.6 Å². The average molecular weight is 1620 g/mol. The number of phosphoric acid groups is 2. The number of hydrogen-bond donors (Lipinski definition) is 3. The van der Waals surface area contributed by atoms with Gasteiger partial charge in [0, 0.05) is 25.7 Å². The van der Waals surface area contributed by atoms with Crippen molar-refractivity contribution in [2.45, 2.75) is 522 Å². The Labute approximate surface area is 683 Å². The monoisotopic (exact) mass is 1620 g/mol. The van der Waals surface area contributed by atoms with Crippen LogP contribution in [0, 0.1) is 5.92 Å². The van der Waals surface area contributed by atoms with Gasteiger partial charge in [0.1, 0.15) is 19.3 Å². The molecule has 111 heavy (non-hydrogen) atoms. The SMILES string of the molecule is CCCCCCCCCCCCCCCCCCCCCCCC(=O)OC[C@H](COP(=O)(O)OC[C@@H](O)COP(=O)(O)OC[C@@H](COC(=O)CCCCCCCCCCCCC)OC(=O)CCCCCCCCCCCCCCCCCC(C)C)OC(=O)CCCCCCCCCCCCCCCCCCCCCCC. The Balaban J connectivity index is 5.22. The summed E-state index contributed by atoms with van der Waals surface area (Å²) < 4.78 is 69.1. The van der Waals surface area contributed by atoms with Gasteiger partial charge in [-0.1, -0.05) is 452 Å². The van der Waals surface area contributed by atoms with Crippen molar-refractivity contribution in [3.05, 3.63) is 0 Å². The Morgan fingerprint density at radius 3 is 0.613 bits per heavy atom. The molecule has 5 atom stereocenters. The zero-order valence-corrected chi connectivity index (χ0v) is 74.9. The smallest absolute Gasteiger partial charge is 0.462 e. The molecular weight excluding hydrogens is 1440 g/mol. The molecule has 0 amide bonds. The molecule has 2 unspecified atom stereocenters. The molecule has 19 heteroatoms. The lowest BCUT2D eigenvalue weighted by molar-refractivity contribution is -0.161. The van der Waals surface area contributed by atoms with Crippen molar-refractivity contribution < 1.29 is 80.2 Å². The molecule has 0 heterocycles. The third-order valence-electron chi connectivity index (χ3n) is 21.8.